The van der Waals surface area contributed by atoms with Crippen LogP contribution in [0.1, 0.15) is 26.5 Å². The smallest absolute Gasteiger partial charge is 0.225 e. The molecular formula is C19H35N3O5Si. The van der Waals surface area contributed by atoms with E-state index in [0.717, 1.165) is 5.69 Å². The van der Waals surface area contributed by atoms with Crippen LogP contribution in [-0.2, 0) is 20.5 Å². The highest BCUT2D eigenvalue weighted by Crippen LogP contribution is 2.37. The molecule has 0 bridgehead atoms. The van der Waals surface area contributed by atoms with E-state index >= 15 is 0 Å². The Morgan fingerprint density at radius 2 is 2.14 bits per heavy atom. The van der Waals surface area contributed by atoms with Gasteiger partial charge in [-0.2, -0.15) is 0 Å². The maximum Gasteiger partial charge on any atom is 0.225 e. The van der Waals surface area contributed by atoms with E-state index in [1.165, 1.54) is 0 Å². The zero-order valence-corrected chi connectivity index (χ0v) is 18.7. The van der Waals surface area contributed by atoms with Gasteiger partial charge in [0.05, 0.1) is 44.8 Å². The Bertz CT molecular complexity index is 611. The molecule has 0 spiro atoms. The van der Waals surface area contributed by atoms with Crippen molar-refractivity contribution in [1.82, 2.24) is 9.97 Å². The molecule has 1 aromatic heterocycles. The molecule has 1 aromatic rings. The molecular weight excluding hydrogens is 378 g/mol. The molecule has 1 saturated heterocycles. The van der Waals surface area contributed by atoms with Gasteiger partial charge in [0, 0.05) is 19.3 Å². The minimum absolute atomic E-state index is 0.0904. The minimum atomic E-state index is -1.83. The second-order valence-corrected chi connectivity index (χ2v) is 13.5. The van der Waals surface area contributed by atoms with Crippen molar-refractivity contribution in [2.24, 2.45) is 0 Å². The van der Waals surface area contributed by atoms with Crippen molar-refractivity contribution in [2.75, 3.05) is 44.4 Å². The van der Waals surface area contributed by atoms with Gasteiger partial charge in [-0.3, -0.25) is 0 Å². The Hall–Kier alpha value is -1.10. The number of hydrogen-bond acceptors (Lipinski definition) is 8. The van der Waals surface area contributed by atoms with Gasteiger partial charge in [-0.15, -0.1) is 0 Å². The fourth-order valence-electron chi connectivity index (χ4n) is 2.48. The summed E-state index contributed by atoms with van der Waals surface area (Å²) in [6.07, 6.45) is 0.779. The van der Waals surface area contributed by atoms with Crippen molar-refractivity contribution in [1.29, 1.82) is 0 Å². The number of rotatable bonds is 9. The van der Waals surface area contributed by atoms with Gasteiger partial charge < -0.3 is 29.0 Å². The predicted octanol–water partition coefficient (Wildman–Crippen LogP) is 1.57. The third-order valence-electron chi connectivity index (χ3n) is 5.33. The highest BCUT2D eigenvalue weighted by molar-refractivity contribution is 6.74. The molecule has 2 rings (SSSR count). The van der Waals surface area contributed by atoms with E-state index in [-0.39, 0.29) is 24.4 Å². The Kier molecular flexibility index (Phi) is 8.35. The Labute approximate surface area is 169 Å². The fraction of sp³-hybridized carbons (Fsp3) is 0.789. The quantitative estimate of drug-likeness (QED) is 0.589. The van der Waals surface area contributed by atoms with Crippen LogP contribution in [-0.4, -0.2) is 80.2 Å². The fourth-order valence-corrected chi connectivity index (χ4v) is 3.42. The van der Waals surface area contributed by atoms with E-state index in [4.69, 9.17) is 19.0 Å². The number of ether oxygens (including phenoxy) is 2. The van der Waals surface area contributed by atoms with Crippen LogP contribution in [0.2, 0.25) is 18.1 Å². The summed E-state index contributed by atoms with van der Waals surface area (Å²) in [5.74, 6) is 0.667. The molecule has 0 aliphatic carbocycles. The summed E-state index contributed by atoms with van der Waals surface area (Å²) in [6.45, 7) is 13.6. The third-order valence-corrected chi connectivity index (χ3v) is 9.81. The second-order valence-electron chi connectivity index (χ2n) is 8.71. The molecule has 2 atom stereocenters. The highest BCUT2D eigenvalue weighted by Gasteiger charge is 2.37. The number of nitrogens with zero attached hydrogens (tertiary/aromatic N) is 3. The van der Waals surface area contributed by atoms with E-state index in [9.17, 15) is 5.11 Å². The molecule has 160 valence electrons. The van der Waals surface area contributed by atoms with Crippen LogP contribution < -0.4 is 4.90 Å². The standard InChI is InChI=1S/C19H35N3O5Si/c1-19(2,3)28(4,5)27-12-15-6-7-20-18(21-15)22-8-9-26-17(10-22)14-25-13-16(24)11-23/h6-7,16-17,23-24H,8-14H2,1-5H3/t16?,17-/m1/s1. The Balaban J connectivity index is 1.91. The maximum atomic E-state index is 9.35. The van der Waals surface area contributed by atoms with Gasteiger partial charge in [-0.25, -0.2) is 9.97 Å². The average molecular weight is 414 g/mol. The summed E-state index contributed by atoms with van der Waals surface area (Å²) in [5, 5.41) is 18.3. The van der Waals surface area contributed by atoms with E-state index in [1.807, 2.05) is 6.07 Å². The zero-order valence-electron chi connectivity index (χ0n) is 17.7. The van der Waals surface area contributed by atoms with Gasteiger partial charge in [0.1, 0.15) is 6.10 Å². The SMILES string of the molecule is CC(C)(C)[Si](C)(C)OCc1ccnc(N2CCO[C@@H](COCC(O)CO)C2)n1. The number of hydrogen-bond donors (Lipinski definition) is 2. The van der Waals surface area contributed by atoms with E-state index in [0.29, 0.717) is 38.9 Å². The van der Waals surface area contributed by atoms with Crippen molar-refractivity contribution in [2.45, 2.75) is 57.7 Å². The molecule has 2 N–H and O–H groups in total. The van der Waals surface area contributed by atoms with Crippen molar-refractivity contribution in [3.63, 3.8) is 0 Å². The van der Waals surface area contributed by atoms with Crippen molar-refractivity contribution in [3.8, 4) is 0 Å². The summed E-state index contributed by atoms with van der Waals surface area (Å²) < 4.78 is 17.4. The summed E-state index contributed by atoms with van der Waals surface area (Å²) >= 11 is 0. The molecule has 1 aliphatic rings. The first-order valence-corrected chi connectivity index (χ1v) is 12.7. The molecule has 1 unspecified atom stereocenters. The molecule has 9 heteroatoms. The van der Waals surface area contributed by atoms with Gasteiger partial charge in [0.25, 0.3) is 0 Å². The van der Waals surface area contributed by atoms with Crippen LogP contribution in [0.3, 0.4) is 0 Å². The molecule has 0 amide bonds. The summed E-state index contributed by atoms with van der Waals surface area (Å²) in [4.78, 5) is 11.2. The van der Waals surface area contributed by atoms with Crippen LogP contribution in [0.5, 0.6) is 0 Å². The van der Waals surface area contributed by atoms with Crippen molar-refractivity contribution in [3.05, 3.63) is 18.0 Å². The third kappa shape index (κ3) is 6.75. The summed E-state index contributed by atoms with van der Waals surface area (Å²) in [6, 6.07) is 1.90. The van der Waals surface area contributed by atoms with Gasteiger partial charge in [0.2, 0.25) is 5.95 Å². The maximum absolute atomic E-state index is 9.35. The summed E-state index contributed by atoms with van der Waals surface area (Å²) in [7, 11) is -1.83. The first-order chi connectivity index (χ1) is 13.1. The highest BCUT2D eigenvalue weighted by atomic mass is 28.4. The molecule has 0 radical (unpaired) electrons. The van der Waals surface area contributed by atoms with E-state index in [1.54, 1.807) is 6.20 Å². The number of aliphatic hydroxyl groups excluding tert-OH is 2. The lowest BCUT2D eigenvalue weighted by atomic mass is 10.2. The van der Waals surface area contributed by atoms with E-state index in [2.05, 4.69) is 48.7 Å². The Morgan fingerprint density at radius 1 is 1.39 bits per heavy atom. The number of morpholine rings is 1. The summed E-state index contributed by atoms with van der Waals surface area (Å²) in [5.41, 5.74) is 0.875. The Morgan fingerprint density at radius 3 is 2.82 bits per heavy atom. The van der Waals surface area contributed by atoms with Crippen LogP contribution in [0, 0.1) is 0 Å². The van der Waals surface area contributed by atoms with Crippen molar-refractivity contribution < 1.29 is 24.1 Å². The first-order valence-electron chi connectivity index (χ1n) is 9.81. The number of aromatic nitrogens is 2. The van der Waals surface area contributed by atoms with Crippen LogP contribution in [0.15, 0.2) is 12.3 Å². The van der Waals surface area contributed by atoms with Crippen LogP contribution >= 0.6 is 0 Å². The molecule has 8 nitrogen and oxygen atoms in total. The lowest BCUT2D eigenvalue weighted by Gasteiger charge is -2.36. The molecule has 0 saturated carbocycles. The van der Waals surface area contributed by atoms with Gasteiger partial charge in [0.15, 0.2) is 8.32 Å². The number of anilines is 1. The van der Waals surface area contributed by atoms with Crippen molar-refractivity contribution >= 4 is 14.3 Å². The van der Waals surface area contributed by atoms with Gasteiger partial charge in [-0.1, -0.05) is 20.8 Å². The van der Waals surface area contributed by atoms with Crippen LogP contribution in [0.25, 0.3) is 0 Å². The largest absolute Gasteiger partial charge is 0.411 e. The lowest BCUT2D eigenvalue weighted by molar-refractivity contribution is -0.0522. The molecule has 1 aliphatic heterocycles. The van der Waals surface area contributed by atoms with E-state index < -0.39 is 14.4 Å². The van der Waals surface area contributed by atoms with Crippen LogP contribution in [0.4, 0.5) is 5.95 Å². The normalized spacial score (nSPS) is 19.7. The molecule has 1 fully saturated rings. The monoisotopic (exact) mass is 413 g/mol. The van der Waals surface area contributed by atoms with Gasteiger partial charge in [-0.05, 0) is 24.2 Å². The van der Waals surface area contributed by atoms with Gasteiger partial charge >= 0.3 is 0 Å². The molecule has 28 heavy (non-hydrogen) atoms. The zero-order chi connectivity index (χ0) is 20.8. The number of aliphatic hydroxyl groups is 2. The molecule has 2 heterocycles. The minimum Gasteiger partial charge on any atom is -0.411 e. The predicted molar refractivity (Wildman–Crippen MR) is 110 cm³/mol. The lowest BCUT2D eigenvalue weighted by Crippen LogP contribution is -2.45. The first kappa shape index (κ1) is 23.2. The topological polar surface area (TPSA) is 97.2 Å². The average Bonchev–Trinajstić information content (AvgIpc) is 2.66. The second kappa shape index (κ2) is 10.1. The molecule has 0 aromatic carbocycles.